The smallest absolute Gasteiger partial charge is 0.327 e. The molecule has 0 aromatic rings. The molecule has 0 atom stereocenters. The molecular weight excluding hydrogens is 178 g/mol. The quantitative estimate of drug-likeness (QED) is 0.555. The van der Waals surface area contributed by atoms with Gasteiger partial charge in [-0.05, 0) is 0 Å². The lowest BCUT2D eigenvalue weighted by Gasteiger charge is -2.02. The van der Waals surface area contributed by atoms with E-state index in [9.17, 15) is 9.90 Å². The zero-order chi connectivity index (χ0) is 8.72. The van der Waals surface area contributed by atoms with Crippen molar-refractivity contribution in [3.63, 3.8) is 0 Å². The Balaban J connectivity index is 2.88. The molecule has 12 heavy (non-hydrogen) atoms. The van der Waals surface area contributed by atoms with E-state index >= 15 is 0 Å². The first-order valence-electron chi connectivity index (χ1n) is 3.14. The number of hydrogen-bond donors (Lipinski definition) is 2. The Hall–Kier alpha value is -1.56. The number of nitrogen functional groups attached to an aromatic ring is 1. The molecule has 0 aromatic carbocycles. The van der Waals surface area contributed by atoms with E-state index in [0.717, 1.165) is 11.3 Å². The van der Waals surface area contributed by atoms with E-state index in [0.29, 0.717) is 10.6 Å². The maximum atomic E-state index is 10.8. The van der Waals surface area contributed by atoms with Crippen LogP contribution in [0.15, 0.2) is 17.2 Å². The van der Waals surface area contributed by atoms with Crippen LogP contribution in [0.5, 0.6) is 5.75 Å². The van der Waals surface area contributed by atoms with Gasteiger partial charge in [-0.1, -0.05) is 11.3 Å². The number of fused-ring (bicyclic) bond motifs is 1. The fourth-order valence-corrected chi connectivity index (χ4v) is 1.70. The number of nitrogens with two attached hydrogens (primary N) is 1. The van der Waals surface area contributed by atoms with Gasteiger partial charge in [0.15, 0.2) is 5.75 Å². The largest absolute Gasteiger partial charge is 0.504 e. The average molecular weight is 183 g/mol. The molecule has 5 nitrogen and oxygen atoms in total. The van der Waals surface area contributed by atoms with E-state index in [1.165, 1.54) is 17.1 Å². The molecule has 0 radical (unpaired) electrons. The molecule has 2 rings (SSSR count). The summed E-state index contributed by atoms with van der Waals surface area (Å²) >= 11 is 0.953. The Labute approximate surface area is 71.0 Å². The highest BCUT2D eigenvalue weighted by Crippen LogP contribution is 2.29. The third-order valence-corrected chi connectivity index (χ3v) is 2.20. The third-order valence-electron chi connectivity index (χ3n) is 1.41. The maximum Gasteiger partial charge on any atom is 0.327 e. The van der Waals surface area contributed by atoms with Gasteiger partial charge in [0, 0.05) is 6.20 Å². The summed E-state index contributed by atoms with van der Waals surface area (Å²) in [5.74, 6) is 5.29. The second-order valence-electron chi connectivity index (χ2n) is 2.28. The van der Waals surface area contributed by atoms with Crippen LogP contribution < -0.4 is 10.7 Å². The first kappa shape index (κ1) is 7.11. The van der Waals surface area contributed by atoms with Crippen LogP contribution in [0.4, 0.5) is 0 Å². The number of aromatic nitrogens is 2. The molecule has 0 amide bonds. The summed E-state index contributed by atoms with van der Waals surface area (Å²) in [4.78, 5) is 14.7. The molecular formula is C6H5N3O2S. The minimum atomic E-state index is -0.327. The fourth-order valence-electron chi connectivity index (χ4n) is 0.958. The summed E-state index contributed by atoms with van der Waals surface area (Å²) in [6.07, 6.45) is 2.83. The van der Waals surface area contributed by atoms with E-state index in [2.05, 4.69) is 4.98 Å². The Bertz CT molecular complexity index is 447. The standard InChI is InChI=1S/C6H5N3O2S/c7-9-1-3(10)5-4(2-9)12-6(11)8-5/h1-2,10H,7H2. The Morgan fingerprint density at radius 1 is 1.58 bits per heavy atom. The van der Waals surface area contributed by atoms with Gasteiger partial charge < -0.3 is 10.9 Å². The predicted molar refractivity (Wildman–Crippen MR) is 44.8 cm³/mol. The van der Waals surface area contributed by atoms with Crippen LogP contribution in [0.25, 0.3) is 10.6 Å². The first-order valence-corrected chi connectivity index (χ1v) is 3.95. The summed E-state index contributed by atoms with van der Waals surface area (Å²) in [6, 6.07) is 0. The van der Waals surface area contributed by atoms with E-state index < -0.39 is 0 Å². The molecule has 0 fully saturated rings. The fraction of sp³-hybridized carbons (Fsp3) is 0. The zero-order valence-electron chi connectivity index (χ0n) is 5.89. The van der Waals surface area contributed by atoms with Crippen LogP contribution in [-0.2, 0) is 0 Å². The monoisotopic (exact) mass is 183 g/mol. The molecule has 0 bridgehead atoms. The van der Waals surface area contributed by atoms with Crippen LogP contribution in [0.3, 0.4) is 0 Å². The highest BCUT2D eigenvalue weighted by Gasteiger charge is 2.13. The molecule has 2 aliphatic heterocycles. The van der Waals surface area contributed by atoms with Crippen LogP contribution in [0.2, 0.25) is 0 Å². The molecule has 62 valence electrons. The van der Waals surface area contributed by atoms with Crippen LogP contribution in [0.1, 0.15) is 0 Å². The first-order chi connectivity index (χ1) is 5.66. The highest BCUT2D eigenvalue weighted by atomic mass is 32.1. The van der Waals surface area contributed by atoms with E-state index in [-0.39, 0.29) is 10.6 Å². The van der Waals surface area contributed by atoms with Gasteiger partial charge >= 0.3 is 4.87 Å². The van der Waals surface area contributed by atoms with Crippen molar-refractivity contribution in [1.82, 2.24) is 9.66 Å². The van der Waals surface area contributed by atoms with Crippen LogP contribution in [0, 0.1) is 0 Å². The van der Waals surface area contributed by atoms with Crippen molar-refractivity contribution in [3.8, 4) is 16.3 Å². The van der Waals surface area contributed by atoms with Crippen molar-refractivity contribution in [2.45, 2.75) is 0 Å². The third kappa shape index (κ3) is 0.928. The molecule has 0 unspecified atom stereocenters. The van der Waals surface area contributed by atoms with Gasteiger partial charge in [-0.15, -0.1) is 0 Å². The van der Waals surface area contributed by atoms with Crippen LogP contribution >= 0.6 is 11.3 Å². The zero-order valence-corrected chi connectivity index (χ0v) is 6.71. The molecule has 2 aliphatic rings. The molecule has 0 aliphatic carbocycles. The van der Waals surface area contributed by atoms with Crippen molar-refractivity contribution in [3.05, 3.63) is 22.1 Å². The molecule has 3 N–H and O–H groups in total. The second kappa shape index (κ2) is 2.21. The number of aromatic hydroxyl groups is 1. The summed E-state index contributed by atoms with van der Waals surface area (Å²) < 4.78 is 1.19. The molecule has 2 heterocycles. The lowest BCUT2D eigenvalue weighted by atomic mass is 10.3. The lowest BCUT2D eigenvalue weighted by Crippen LogP contribution is -2.07. The van der Waals surface area contributed by atoms with Crippen molar-refractivity contribution in [2.24, 2.45) is 0 Å². The van der Waals surface area contributed by atoms with Gasteiger partial charge in [-0.3, -0.25) is 9.47 Å². The van der Waals surface area contributed by atoms with E-state index in [4.69, 9.17) is 5.84 Å². The average Bonchev–Trinajstić information content (AvgIpc) is 2.29. The van der Waals surface area contributed by atoms with E-state index in [1.54, 1.807) is 0 Å². The van der Waals surface area contributed by atoms with E-state index in [1.807, 2.05) is 0 Å². The lowest BCUT2D eigenvalue weighted by molar-refractivity contribution is 0.470. The normalized spacial score (nSPS) is 10.7. The minimum Gasteiger partial charge on any atom is -0.504 e. The van der Waals surface area contributed by atoms with Gasteiger partial charge in [0.05, 0.1) is 11.1 Å². The Morgan fingerprint density at radius 3 is 3.08 bits per heavy atom. The molecule has 0 saturated carbocycles. The second-order valence-corrected chi connectivity index (χ2v) is 3.28. The van der Waals surface area contributed by atoms with Gasteiger partial charge in [0.2, 0.25) is 0 Å². The van der Waals surface area contributed by atoms with Gasteiger partial charge in [0.25, 0.3) is 0 Å². The molecule has 0 spiro atoms. The summed E-state index contributed by atoms with van der Waals surface area (Å²) in [6.45, 7) is 0. The molecule has 0 aromatic heterocycles. The predicted octanol–water partition coefficient (Wildman–Crippen LogP) is -0.171. The van der Waals surface area contributed by atoms with Crippen molar-refractivity contribution in [2.75, 3.05) is 5.84 Å². The SMILES string of the molecule is Nn1cc2sc(=O)nc-2c(O)c1. The van der Waals surface area contributed by atoms with Gasteiger partial charge in [-0.2, -0.15) is 4.98 Å². The Morgan fingerprint density at radius 2 is 2.33 bits per heavy atom. The van der Waals surface area contributed by atoms with Gasteiger partial charge in [0.1, 0.15) is 5.69 Å². The minimum absolute atomic E-state index is 0.0756. The summed E-state index contributed by atoms with van der Waals surface area (Å²) in [5.41, 5.74) is 0.312. The molecule has 0 saturated heterocycles. The van der Waals surface area contributed by atoms with Gasteiger partial charge in [-0.25, -0.2) is 0 Å². The maximum absolute atomic E-state index is 10.8. The summed E-state index contributed by atoms with van der Waals surface area (Å²) in [7, 11) is 0. The number of hydrogen-bond acceptors (Lipinski definition) is 5. The Kier molecular flexibility index (Phi) is 1.31. The summed E-state index contributed by atoms with van der Waals surface area (Å²) in [5, 5.41) is 9.27. The van der Waals surface area contributed by atoms with Crippen LogP contribution in [-0.4, -0.2) is 14.8 Å². The topological polar surface area (TPSA) is 81.1 Å². The van der Waals surface area contributed by atoms with Crippen molar-refractivity contribution >= 4 is 11.3 Å². The number of pyridine rings is 1. The highest BCUT2D eigenvalue weighted by molar-refractivity contribution is 7.13. The van der Waals surface area contributed by atoms with Crippen molar-refractivity contribution in [1.29, 1.82) is 0 Å². The van der Waals surface area contributed by atoms with Crippen molar-refractivity contribution < 1.29 is 5.11 Å². The number of rotatable bonds is 0. The number of nitrogens with zero attached hydrogens (tertiary/aromatic N) is 2. The number of thiazole rings is 1. The molecule has 6 heteroatoms.